The molecular weight excluding hydrogens is 216 g/mol. The predicted molar refractivity (Wildman–Crippen MR) is 55.6 cm³/mol. The topological polar surface area (TPSA) is 78.4 Å². The maximum Gasteiger partial charge on any atom is 0.348 e. The second-order valence-corrected chi connectivity index (χ2v) is 3.69. The van der Waals surface area contributed by atoms with Crippen LogP contribution in [0.5, 0.6) is 0 Å². The SMILES string of the molecule is COC(=O)c1sccc1-c1cc(N)no1. The van der Waals surface area contributed by atoms with Gasteiger partial charge in [0.2, 0.25) is 0 Å². The zero-order chi connectivity index (χ0) is 10.8. The normalized spacial score (nSPS) is 10.2. The molecule has 0 aliphatic carbocycles. The van der Waals surface area contributed by atoms with Crippen LogP contribution in [0.2, 0.25) is 0 Å². The summed E-state index contributed by atoms with van der Waals surface area (Å²) in [5.74, 6) is 0.358. The average molecular weight is 224 g/mol. The Kier molecular flexibility index (Phi) is 2.42. The summed E-state index contributed by atoms with van der Waals surface area (Å²) in [4.78, 5) is 11.9. The van der Waals surface area contributed by atoms with Crippen LogP contribution in [-0.4, -0.2) is 18.2 Å². The molecule has 0 amide bonds. The summed E-state index contributed by atoms with van der Waals surface area (Å²) in [6, 6.07) is 3.32. The van der Waals surface area contributed by atoms with Crippen LogP contribution in [0.1, 0.15) is 9.67 Å². The molecule has 78 valence electrons. The highest BCUT2D eigenvalue weighted by Crippen LogP contribution is 2.29. The van der Waals surface area contributed by atoms with Gasteiger partial charge in [0.05, 0.1) is 7.11 Å². The molecule has 0 spiro atoms. The molecule has 0 aliphatic heterocycles. The zero-order valence-electron chi connectivity index (χ0n) is 7.89. The first-order valence-electron chi connectivity index (χ1n) is 4.10. The molecule has 0 radical (unpaired) electrons. The van der Waals surface area contributed by atoms with Gasteiger partial charge in [-0.3, -0.25) is 0 Å². The molecule has 2 aromatic heterocycles. The van der Waals surface area contributed by atoms with Crippen LogP contribution in [0.15, 0.2) is 22.0 Å². The summed E-state index contributed by atoms with van der Waals surface area (Å²) >= 11 is 1.28. The highest BCUT2D eigenvalue weighted by molar-refractivity contribution is 7.12. The summed E-state index contributed by atoms with van der Waals surface area (Å²) in [6.45, 7) is 0. The third-order valence-electron chi connectivity index (χ3n) is 1.83. The number of hydrogen-bond acceptors (Lipinski definition) is 6. The molecule has 2 N–H and O–H groups in total. The fraction of sp³-hybridized carbons (Fsp3) is 0.111. The molecule has 0 bridgehead atoms. The Morgan fingerprint density at radius 3 is 3.07 bits per heavy atom. The zero-order valence-corrected chi connectivity index (χ0v) is 8.71. The quantitative estimate of drug-likeness (QED) is 0.786. The molecule has 2 rings (SSSR count). The molecule has 0 atom stereocenters. The first-order valence-corrected chi connectivity index (χ1v) is 4.98. The molecule has 0 aromatic carbocycles. The van der Waals surface area contributed by atoms with Gasteiger partial charge >= 0.3 is 5.97 Å². The Morgan fingerprint density at radius 1 is 1.67 bits per heavy atom. The summed E-state index contributed by atoms with van der Waals surface area (Å²) < 4.78 is 9.61. The van der Waals surface area contributed by atoms with Crippen molar-refractivity contribution in [3.05, 3.63) is 22.4 Å². The van der Waals surface area contributed by atoms with Crippen molar-refractivity contribution in [2.45, 2.75) is 0 Å². The number of methoxy groups -OCH3 is 1. The standard InChI is InChI=1S/C9H8N2O3S/c1-13-9(12)8-5(2-3-15-8)6-4-7(10)11-14-6/h2-4H,1H3,(H2,10,11). The molecule has 5 nitrogen and oxygen atoms in total. The van der Waals surface area contributed by atoms with Crippen LogP contribution in [0.3, 0.4) is 0 Å². The average Bonchev–Trinajstić information content (AvgIpc) is 2.84. The van der Waals surface area contributed by atoms with Gasteiger partial charge in [-0.25, -0.2) is 4.79 Å². The molecule has 0 aliphatic rings. The fourth-order valence-corrected chi connectivity index (χ4v) is 1.99. The minimum atomic E-state index is -0.394. The minimum Gasteiger partial charge on any atom is -0.465 e. The van der Waals surface area contributed by atoms with Crippen molar-refractivity contribution in [2.75, 3.05) is 12.8 Å². The predicted octanol–water partition coefficient (Wildman–Crippen LogP) is 1.77. The first kappa shape index (κ1) is 9.72. The molecule has 0 saturated heterocycles. The van der Waals surface area contributed by atoms with E-state index in [1.54, 1.807) is 17.5 Å². The van der Waals surface area contributed by atoms with Crippen molar-refractivity contribution < 1.29 is 14.1 Å². The van der Waals surface area contributed by atoms with Gasteiger partial charge in [-0.05, 0) is 11.4 Å². The van der Waals surface area contributed by atoms with Crippen LogP contribution in [-0.2, 0) is 4.74 Å². The van der Waals surface area contributed by atoms with Gasteiger partial charge < -0.3 is 15.0 Å². The number of carbonyl (C=O) groups is 1. The number of nitrogens with two attached hydrogens (primary N) is 1. The number of nitrogens with zero attached hydrogens (tertiary/aromatic N) is 1. The van der Waals surface area contributed by atoms with E-state index in [0.717, 1.165) is 0 Å². The van der Waals surface area contributed by atoms with Crippen molar-refractivity contribution >= 4 is 23.1 Å². The second kappa shape index (κ2) is 3.74. The first-order chi connectivity index (χ1) is 7.22. The van der Waals surface area contributed by atoms with Gasteiger partial charge in [0.25, 0.3) is 0 Å². The molecule has 0 fully saturated rings. The molecule has 6 heteroatoms. The number of esters is 1. The van der Waals surface area contributed by atoms with E-state index in [2.05, 4.69) is 9.89 Å². The van der Waals surface area contributed by atoms with Gasteiger partial charge in [-0.1, -0.05) is 5.16 Å². The minimum absolute atomic E-state index is 0.284. The van der Waals surface area contributed by atoms with E-state index in [1.807, 2.05) is 0 Å². The fourth-order valence-electron chi connectivity index (χ4n) is 1.17. The van der Waals surface area contributed by atoms with Gasteiger partial charge in [-0.15, -0.1) is 11.3 Å². The van der Waals surface area contributed by atoms with E-state index in [-0.39, 0.29) is 5.82 Å². The van der Waals surface area contributed by atoms with Crippen molar-refractivity contribution in [2.24, 2.45) is 0 Å². The number of hydrogen-bond donors (Lipinski definition) is 1. The molecule has 0 unspecified atom stereocenters. The summed E-state index contributed by atoms with van der Waals surface area (Å²) in [5.41, 5.74) is 6.07. The number of ether oxygens (including phenoxy) is 1. The van der Waals surface area contributed by atoms with Crippen molar-refractivity contribution in [3.63, 3.8) is 0 Å². The molecular formula is C9H8N2O3S. The monoisotopic (exact) mass is 224 g/mol. The number of nitrogen functional groups attached to an aromatic ring is 1. The lowest BCUT2D eigenvalue weighted by molar-refractivity contribution is 0.0607. The van der Waals surface area contributed by atoms with Gasteiger partial charge in [0.1, 0.15) is 4.88 Å². The third-order valence-corrected chi connectivity index (χ3v) is 2.72. The third kappa shape index (κ3) is 1.71. The Balaban J connectivity index is 2.45. The van der Waals surface area contributed by atoms with E-state index >= 15 is 0 Å². The summed E-state index contributed by atoms with van der Waals surface area (Å²) in [6.07, 6.45) is 0. The summed E-state index contributed by atoms with van der Waals surface area (Å²) in [7, 11) is 1.33. The number of carbonyl (C=O) groups excluding carboxylic acids is 1. The number of aromatic nitrogens is 1. The van der Waals surface area contributed by atoms with Crippen LogP contribution >= 0.6 is 11.3 Å². The highest BCUT2D eigenvalue weighted by Gasteiger charge is 2.17. The van der Waals surface area contributed by atoms with E-state index in [1.165, 1.54) is 18.4 Å². The molecule has 2 aromatic rings. The van der Waals surface area contributed by atoms with Crippen LogP contribution in [0.25, 0.3) is 11.3 Å². The Labute approximate surface area is 89.4 Å². The van der Waals surface area contributed by atoms with E-state index in [0.29, 0.717) is 16.2 Å². The summed E-state index contributed by atoms with van der Waals surface area (Å²) in [5, 5.41) is 5.33. The second-order valence-electron chi connectivity index (χ2n) is 2.77. The molecule has 15 heavy (non-hydrogen) atoms. The van der Waals surface area contributed by atoms with Crippen LogP contribution < -0.4 is 5.73 Å². The van der Waals surface area contributed by atoms with Crippen LogP contribution in [0.4, 0.5) is 5.82 Å². The Morgan fingerprint density at radius 2 is 2.47 bits per heavy atom. The Hall–Kier alpha value is -1.82. The maximum absolute atomic E-state index is 11.4. The number of rotatable bonds is 2. The maximum atomic E-state index is 11.4. The van der Waals surface area contributed by atoms with Gasteiger partial charge in [0.15, 0.2) is 11.6 Å². The number of thiophene rings is 1. The van der Waals surface area contributed by atoms with Crippen LogP contribution in [0, 0.1) is 0 Å². The van der Waals surface area contributed by atoms with E-state index < -0.39 is 5.97 Å². The van der Waals surface area contributed by atoms with Gasteiger partial charge in [0, 0.05) is 11.6 Å². The van der Waals surface area contributed by atoms with Crippen molar-refractivity contribution in [1.82, 2.24) is 5.16 Å². The Bertz CT molecular complexity index is 489. The largest absolute Gasteiger partial charge is 0.465 e. The molecule has 0 saturated carbocycles. The highest BCUT2D eigenvalue weighted by atomic mass is 32.1. The smallest absolute Gasteiger partial charge is 0.348 e. The molecule has 2 heterocycles. The van der Waals surface area contributed by atoms with Gasteiger partial charge in [-0.2, -0.15) is 0 Å². The van der Waals surface area contributed by atoms with E-state index in [9.17, 15) is 4.79 Å². The lowest BCUT2D eigenvalue weighted by Gasteiger charge is -1.97. The lowest BCUT2D eigenvalue weighted by atomic mass is 10.2. The van der Waals surface area contributed by atoms with Crippen molar-refractivity contribution in [1.29, 1.82) is 0 Å². The van der Waals surface area contributed by atoms with Crippen molar-refractivity contribution in [3.8, 4) is 11.3 Å². The lowest BCUT2D eigenvalue weighted by Crippen LogP contribution is -1.99. The van der Waals surface area contributed by atoms with E-state index in [4.69, 9.17) is 10.3 Å². The number of anilines is 1.